The number of benzene rings is 2. The zero-order valence-electron chi connectivity index (χ0n) is 13.2. The molecule has 0 N–H and O–H groups in total. The molecule has 118 valence electrons. The van der Waals surface area contributed by atoms with Crippen LogP contribution in [0, 0.1) is 5.92 Å². The SMILES string of the molecule is CCC(C)C(=O)OC(C)(C)c1ccc2c(Br)ccc(Br)c2c1. The first-order valence-corrected chi connectivity index (χ1v) is 8.96. The van der Waals surface area contributed by atoms with Crippen LogP contribution in [0.25, 0.3) is 10.8 Å². The molecule has 0 heterocycles. The number of hydrogen-bond donors (Lipinski definition) is 0. The molecule has 1 atom stereocenters. The van der Waals surface area contributed by atoms with Crippen molar-refractivity contribution in [1.29, 1.82) is 0 Å². The van der Waals surface area contributed by atoms with Crippen LogP contribution in [-0.2, 0) is 15.1 Å². The van der Waals surface area contributed by atoms with Gasteiger partial charge in [0.1, 0.15) is 5.60 Å². The molecule has 0 aliphatic carbocycles. The summed E-state index contributed by atoms with van der Waals surface area (Å²) in [5.74, 6) is -0.235. The Hall–Kier alpha value is -0.870. The summed E-state index contributed by atoms with van der Waals surface area (Å²) in [5.41, 5.74) is 0.326. The first-order chi connectivity index (χ1) is 10.3. The number of esters is 1. The lowest BCUT2D eigenvalue weighted by atomic mass is 9.95. The third kappa shape index (κ3) is 3.54. The quantitative estimate of drug-likeness (QED) is 0.543. The minimum atomic E-state index is -0.656. The number of rotatable bonds is 4. The van der Waals surface area contributed by atoms with E-state index in [4.69, 9.17) is 4.74 Å². The molecule has 2 aromatic carbocycles. The lowest BCUT2D eigenvalue weighted by molar-refractivity contribution is -0.162. The van der Waals surface area contributed by atoms with Gasteiger partial charge in [-0.2, -0.15) is 0 Å². The van der Waals surface area contributed by atoms with Gasteiger partial charge in [0.05, 0.1) is 5.92 Å². The van der Waals surface area contributed by atoms with Crippen molar-refractivity contribution in [3.05, 3.63) is 44.8 Å². The van der Waals surface area contributed by atoms with Gasteiger partial charge in [0, 0.05) is 8.95 Å². The number of halogens is 2. The van der Waals surface area contributed by atoms with E-state index in [1.165, 1.54) is 0 Å². The Labute approximate surface area is 148 Å². The van der Waals surface area contributed by atoms with Gasteiger partial charge in [-0.25, -0.2) is 0 Å². The summed E-state index contributed by atoms with van der Waals surface area (Å²) in [4.78, 5) is 12.1. The monoisotopic (exact) mass is 426 g/mol. The summed E-state index contributed by atoms with van der Waals surface area (Å²) in [7, 11) is 0. The molecule has 0 saturated heterocycles. The predicted molar refractivity (Wildman–Crippen MR) is 97.9 cm³/mol. The summed E-state index contributed by atoms with van der Waals surface area (Å²) in [6, 6.07) is 10.2. The van der Waals surface area contributed by atoms with Gasteiger partial charge in [0.15, 0.2) is 0 Å². The van der Waals surface area contributed by atoms with Gasteiger partial charge >= 0.3 is 5.97 Å². The molecule has 4 heteroatoms. The van der Waals surface area contributed by atoms with E-state index in [0.717, 1.165) is 31.7 Å². The highest BCUT2D eigenvalue weighted by molar-refractivity contribution is 9.11. The Morgan fingerprint density at radius 2 is 1.73 bits per heavy atom. The molecule has 0 saturated carbocycles. The van der Waals surface area contributed by atoms with Crippen LogP contribution in [0.5, 0.6) is 0 Å². The van der Waals surface area contributed by atoms with Crippen molar-refractivity contribution in [3.8, 4) is 0 Å². The maximum absolute atomic E-state index is 12.1. The Morgan fingerprint density at radius 1 is 1.14 bits per heavy atom. The van der Waals surface area contributed by atoms with Crippen LogP contribution in [0.1, 0.15) is 39.7 Å². The summed E-state index contributed by atoms with van der Waals surface area (Å²) in [5, 5.41) is 2.22. The number of hydrogen-bond acceptors (Lipinski definition) is 2. The maximum Gasteiger partial charge on any atom is 0.309 e. The van der Waals surface area contributed by atoms with Crippen LogP contribution in [0.2, 0.25) is 0 Å². The molecule has 2 aromatic rings. The fraction of sp³-hybridized carbons (Fsp3) is 0.389. The predicted octanol–water partition coefficient (Wildman–Crippen LogP) is 6.19. The van der Waals surface area contributed by atoms with E-state index in [0.29, 0.717) is 0 Å². The van der Waals surface area contributed by atoms with Crippen LogP contribution in [0.15, 0.2) is 39.3 Å². The molecule has 0 aliphatic rings. The number of carbonyl (C=O) groups excluding carboxylic acids is 1. The van der Waals surface area contributed by atoms with Gasteiger partial charge in [-0.1, -0.05) is 57.8 Å². The van der Waals surface area contributed by atoms with E-state index >= 15 is 0 Å². The average Bonchev–Trinajstić information content (AvgIpc) is 2.49. The standard InChI is InChI=1S/C18H20Br2O2/c1-5-11(2)17(21)22-18(3,4)12-6-7-13-14(10-12)16(20)9-8-15(13)19/h6-11H,5H2,1-4H3. The number of ether oxygens (including phenoxy) is 1. The van der Waals surface area contributed by atoms with Crippen molar-refractivity contribution in [2.75, 3.05) is 0 Å². The van der Waals surface area contributed by atoms with Crippen LogP contribution in [-0.4, -0.2) is 5.97 Å². The first kappa shape index (κ1) is 17.5. The zero-order chi connectivity index (χ0) is 16.5. The Bertz CT molecular complexity index is 708. The lowest BCUT2D eigenvalue weighted by Crippen LogP contribution is -2.28. The van der Waals surface area contributed by atoms with Crippen molar-refractivity contribution >= 4 is 48.6 Å². The Kier molecular flexibility index (Phi) is 5.33. The summed E-state index contributed by atoms with van der Waals surface area (Å²) in [6.45, 7) is 7.75. The van der Waals surface area contributed by atoms with Gasteiger partial charge in [-0.3, -0.25) is 4.79 Å². The molecular formula is C18H20Br2O2. The van der Waals surface area contributed by atoms with Gasteiger partial charge in [0.2, 0.25) is 0 Å². The molecule has 2 nitrogen and oxygen atoms in total. The normalized spacial score (nSPS) is 13.2. The molecule has 0 aliphatic heterocycles. The number of fused-ring (bicyclic) bond motifs is 1. The highest BCUT2D eigenvalue weighted by Gasteiger charge is 2.27. The van der Waals surface area contributed by atoms with Crippen LogP contribution < -0.4 is 0 Å². The maximum atomic E-state index is 12.1. The van der Waals surface area contributed by atoms with E-state index in [1.54, 1.807) is 0 Å². The summed E-state index contributed by atoms with van der Waals surface area (Å²) >= 11 is 7.16. The van der Waals surface area contributed by atoms with E-state index in [9.17, 15) is 4.79 Å². The van der Waals surface area contributed by atoms with E-state index in [2.05, 4.69) is 44.0 Å². The highest BCUT2D eigenvalue weighted by atomic mass is 79.9. The summed E-state index contributed by atoms with van der Waals surface area (Å²) in [6.07, 6.45) is 0.783. The summed E-state index contributed by atoms with van der Waals surface area (Å²) < 4.78 is 7.80. The first-order valence-electron chi connectivity index (χ1n) is 7.37. The van der Waals surface area contributed by atoms with E-state index in [1.807, 2.05) is 45.9 Å². The largest absolute Gasteiger partial charge is 0.455 e. The molecular weight excluding hydrogens is 408 g/mol. The Balaban J connectivity index is 2.41. The molecule has 0 spiro atoms. The third-order valence-corrected chi connectivity index (χ3v) is 5.36. The smallest absolute Gasteiger partial charge is 0.309 e. The fourth-order valence-corrected chi connectivity index (χ4v) is 3.17. The van der Waals surface area contributed by atoms with Gasteiger partial charge in [0.25, 0.3) is 0 Å². The van der Waals surface area contributed by atoms with Crippen molar-refractivity contribution in [3.63, 3.8) is 0 Å². The minimum absolute atomic E-state index is 0.0828. The van der Waals surface area contributed by atoms with Crippen LogP contribution >= 0.6 is 31.9 Å². The highest BCUT2D eigenvalue weighted by Crippen LogP contribution is 2.35. The average molecular weight is 428 g/mol. The topological polar surface area (TPSA) is 26.3 Å². The second-order valence-corrected chi connectivity index (χ2v) is 7.74. The molecule has 0 radical (unpaired) electrons. The molecule has 2 rings (SSSR count). The third-order valence-electron chi connectivity index (χ3n) is 3.98. The second kappa shape index (κ2) is 6.71. The van der Waals surface area contributed by atoms with E-state index in [-0.39, 0.29) is 11.9 Å². The molecule has 1 unspecified atom stereocenters. The molecule has 0 fully saturated rings. The Morgan fingerprint density at radius 3 is 2.32 bits per heavy atom. The van der Waals surface area contributed by atoms with Gasteiger partial charge < -0.3 is 4.74 Å². The van der Waals surface area contributed by atoms with Crippen LogP contribution in [0.4, 0.5) is 0 Å². The van der Waals surface area contributed by atoms with Crippen molar-refractivity contribution < 1.29 is 9.53 Å². The van der Waals surface area contributed by atoms with Crippen molar-refractivity contribution in [1.82, 2.24) is 0 Å². The molecule has 0 amide bonds. The number of carbonyl (C=O) groups is 1. The second-order valence-electron chi connectivity index (χ2n) is 6.03. The molecule has 22 heavy (non-hydrogen) atoms. The molecule has 0 bridgehead atoms. The zero-order valence-corrected chi connectivity index (χ0v) is 16.4. The molecule has 0 aromatic heterocycles. The van der Waals surface area contributed by atoms with E-state index < -0.39 is 5.60 Å². The fourth-order valence-electron chi connectivity index (χ4n) is 2.23. The minimum Gasteiger partial charge on any atom is -0.455 e. The van der Waals surface area contributed by atoms with Crippen molar-refractivity contribution in [2.45, 2.75) is 39.7 Å². The van der Waals surface area contributed by atoms with Gasteiger partial charge in [-0.05, 0) is 54.8 Å². The van der Waals surface area contributed by atoms with Gasteiger partial charge in [-0.15, -0.1) is 0 Å². The van der Waals surface area contributed by atoms with Crippen LogP contribution in [0.3, 0.4) is 0 Å². The lowest BCUT2D eigenvalue weighted by Gasteiger charge is -2.27. The van der Waals surface area contributed by atoms with Crippen molar-refractivity contribution in [2.24, 2.45) is 5.92 Å².